The van der Waals surface area contributed by atoms with Crippen LogP contribution in [0, 0.1) is 11.3 Å². The molecule has 1 heterocycles. The van der Waals surface area contributed by atoms with Gasteiger partial charge in [-0.05, 0) is 24.6 Å². The molecule has 2 rings (SSSR count). The molecule has 4 nitrogen and oxygen atoms in total. The van der Waals surface area contributed by atoms with E-state index >= 15 is 0 Å². The Bertz CT molecular complexity index is 494. The SMILES string of the molecule is C[C@H](C#N)N1CCN(Cc2ccc(Cl)cc2)C(=O)C1. The van der Waals surface area contributed by atoms with Crippen molar-refractivity contribution < 1.29 is 4.79 Å². The van der Waals surface area contributed by atoms with Crippen molar-refractivity contribution in [3.8, 4) is 6.07 Å². The largest absolute Gasteiger partial charge is 0.336 e. The van der Waals surface area contributed by atoms with Gasteiger partial charge in [0, 0.05) is 24.7 Å². The summed E-state index contributed by atoms with van der Waals surface area (Å²) in [6.45, 7) is 4.15. The van der Waals surface area contributed by atoms with E-state index in [9.17, 15) is 4.79 Å². The van der Waals surface area contributed by atoms with E-state index in [0.29, 0.717) is 24.7 Å². The molecule has 1 fully saturated rings. The van der Waals surface area contributed by atoms with Gasteiger partial charge < -0.3 is 4.90 Å². The molecule has 0 N–H and O–H groups in total. The van der Waals surface area contributed by atoms with E-state index in [-0.39, 0.29) is 11.9 Å². The highest BCUT2D eigenvalue weighted by Gasteiger charge is 2.26. The van der Waals surface area contributed by atoms with Gasteiger partial charge in [0.05, 0.1) is 18.7 Å². The molecular formula is C14H16ClN3O. The first-order valence-electron chi connectivity index (χ1n) is 6.26. The summed E-state index contributed by atoms with van der Waals surface area (Å²) in [6, 6.07) is 9.48. The smallest absolute Gasteiger partial charge is 0.237 e. The Hall–Kier alpha value is -1.57. The maximum absolute atomic E-state index is 12.0. The third-order valence-electron chi connectivity index (χ3n) is 3.37. The monoisotopic (exact) mass is 277 g/mol. The summed E-state index contributed by atoms with van der Waals surface area (Å²) >= 11 is 5.84. The highest BCUT2D eigenvalue weighted by atomic mass is 35.5. The van der Waals surface area contributed by atoms with Gasteiger partial charge in [0.1, 0.15) is 0 Å². The van der Waals surface area contributed by atoms with Crippen molar-refractivity contribution in [1.29, 1.82) is 5.26 Å². The van der Waals surface area contributed by atoms with Crippen molar-refractivity contribution in [2.45, 2.75) is 19.5 Å². The average Bonchev–Trinajstić information content (AvgIpc) is 2.42. The number of rotatable bonds is 3. The lowest BCUT2D eigenvalue weighted by Gasteiger charge is -2.35. The van der Waals surface area contributed by atoms with Crippen molar-refractivity contribution in [3.05, 3.63) is 34.9 Å². The molecule has 1 aromatic carbocycles. The highest BCUT2D eigenvalue weighted by Crippen LogP contribution is 2.14. The molecule has 0 bridgehead atoms. The molecule has 100 valence electrons. The van der Waals surface area contributed by atoms with Crippen LogP contribution in [0.15, 0.2) is 24.3 Å². The number of nitriles is 1. The lowest BCUT2D eigenvalue weighted by molar-refractivity contribution is -0.137. The molecule has 1 amide bonds. The minimum Gasteiger partial charge on any atom is -0.336 e. The third kappa shape index (κ3) is 3.46. The lowest BCUT2D eigenvalue weighted by atomic mass is 10.2. The quantitative estimate of drug-likeness (QED) is 0.848. The van der Waals surface area contributed by atoms with Gasteiger partial charge in [-0.2, -0.15) is 5.26 Å². The van der Waals surface area contributed by atoms with E-state index in [1.54, 1.807) is 0 Å². The molecule has 1 aliphatic heterocycles. The summed E-state index contributed by atoms with van der Waals surface area (Å²) in [6.07, 6.45) is 0. The first-order chi connectivity index (χ1) is 9.10. The Morgan fingerprint density at radius 3 is 2.63 bits per heavy atom. The summed E-state index contributed by atoms with van der Waals surface area (Å²) in [5.74, 6) is 0.0725. The van der Waals surface area contributed by atoms with Gasteiger partial charge >= 0.3 is 0 Å². The van der Waals surface area contributed by atoms with Gasteiger partial charge in [0.15, 0.2) is 0 Å². The lowest BCUT2D eigenvalue weighted by Crippen LogP contribution is -2.52. The molecule has 0 aromatic heterocycles. The van der Waals surface area contributed by atoms with Crippen LogP contribution >= 0.6 is 11.6 Å². The number of hydrogen-bond donors (Lipinski definition) is 0. The number of carbonyl (C=O) groups excluding carboxylic acids is 1. The predicted octanol–water partition coefficient (Wildman–Crippen LogP) is 1.90. The maximum Gasteiger partial charge on any atom is 0.237 e. The summed E-state index contributed by atoms with van der Waals surface area (Å²) in [5.41, 5.74) is 1.07. The van der Waals surface area contributed by atoms with E-state index in [4.69, 9.17) is 16.9 Å². The number of carbonyl (C=O) groups is 1. The third-order valence-corrected chi connectivity index (χ3v) is 3.62. The van der Waals surface area contributed by atoms with Crippen molar-refractivity contribution >= 4 is 17.5 Å². The highest BCUT2D eigenvalue weighted by molar-refractivity contribution is 6.30. The number of halogens is 1. The van der Waals surface area contributed by atoms with Crippen molar-refractivity contribution in [2.24, 2.45) is 0 Å². The van der Waals surface area contributed by atoms with E-state index in [1.807, 2.05) is 41.0 Å². The fraction of sp³-hybridized carbons (Fsp3) is 0.429. The second kappa shape index (κ2) is 6.05. The normalized spacial score (nSPS) is 18.2. The summed E-state index contributed by atoms with van der Waals surface area (Å²) in [5, 5.41) is 9.57. The molecule has 0 radical (unpaired) electrons. The van der Waals surface area contributed by atoms with E-state index in [2.05, 4.69) is 6.07 Å². The van der Waals surface area contributed by atoms with Crippen LogP contribution < -0.4 is 0 Å². The molecule has 0 spiro atoms. The second-order valence-corrected chi connectivity index (χ2v) is 5.15. The van der Waals surface area contributed by atoms with Crippen molar-refractivity contribution in [2.75, 3.05) is 19.6 Å². The fourth-order valence-corrected chi connectivity index (χ4v) is 2.24. The summed E-state index contributed by atoms with van der Waals surface area (Å²) in [4.78, 5) is 15.8. The number of nitrogens with zero attached hydrogens (tertiary/aromatic N) is 3. The summed E-state index contributed by atoms with van der Waals surface area (Å²) < 4.78 is 0. The Kier molecular flexibility index (Phi) is 4.41. The van der Waals surface area contributed by atoms with Crippen molar-refractivity contribution in [1.82, 2.24) is 9.80 Å². The van der Waals surface area contributed by atoms with Crippen LogP contribution in [0.25, 0.3) is 0 Å². The first kappa shape index (κ1) is 13.9. The van der Waals surface area contributed by atoms with Gasteiger partial charge in [-0.15, -0.1) is 0 Å². The second-order valence-electron chi connectivity index (χ2n) is 4.72. The number of piperazine rings is 1. The average molecular weight is 278 g/mol. The van der Waals surface area contributed by atoms with E-state index in [0.717, 1.165) is 12.1 Å². The molecule has 0 aliphatic carbocycles. The fourth-order valence-electron chi connectivity index (χ4n) is 2.12. The van der Waals surface area contributed by atoms with Gasteiger partial charge in [-0.3, -0.25) is 9.69 Å². The molecule has 1 saturated heterocycles. The zero-order valence-corrected chi connectivity index (χ0v) is 11.6. The van der Waals surface area contributed by atoms with Crippen LogP contribution in [0.2, 0.25) is 5.02 Å². The molecule has 1 aliphatic rings. The van der Waals surface area contributed by atoms with Crippen LogP contribution in [0.1, 0.15) is 12.5 Å². The van der Waals surface area contributed by atoms with Crippen LogP contribution in [0.3, 0.4) is 0 Å². The Morgan fingerprint density at radius 1 is 1.37 bits per heavy atom. The van der Waals surface area contributed by atoms with Crippen LogP contribution in [0.5, 0.6) is 0 Å². The van der Waals surface area contributed by atoms with Crippen molar-refractivity contribution in [3.63, 3.8) is 0 Å². The Labute approximate surface area is 118 Å². The van der Waals surface area contributed by atoms with E-state index in [1.165, 1.54) is 0 Å². The maximum atomic E-state index is 12.0. The minimum atomic E-state index is -0.207. The topological polar surface area (TPSA) is 47.3 Å². The standard InChI is InChI=1S/C14H16ClN3O/c1-11(8-16)17-6-7-18(14(19)10-17)9-12-2-4-13(15)5-3-12/h2-5,11H,6-7,9-10H2,1H3/t11-/m1/s1. The minimum absolute atomic E-state index is 0.0725. The first-order valence-corrected chi connectivity index (χ1v) is 6.64. The molecule has 5 heteroatoms. The van der Waals surface area contributed by atoms with Gasteiger partial charge in [0.2, 0.25) is 5.91 Å². The number of amides is 1. The molecule has 1 aromatic rings. The van der Waals surface area contributed by atoms with E-state index < -0.39 is 0 Å². The Morgan fingerprint density at radius 2 is 2.05 bits per heavy atom. The zero-order chi connectivity index (χ0) is 13.8. The van der Waals surface area contributed by atoms with Crippen LogP contribution in [-0.2, 0) is 11.3 Å². The Balaban J connectivity index is 1.95. The van der Waals surface area contributed by atoms with Crippen LogP contribution in [0.4, 0.5) is 0 Å². The van der Waals surface area contributed by atoms with Gasteiger partial charge in [-0.25, -0.2) is 0 Å². The number of benzene rings is 1. The van der Waals surface area contributed by atoms with Gasteiger partial charge in [0.25, 0.3) is 0 Å². The summed E-state index contributed by atoms with van der Waals surface area (Å²) in [7, 11) is 0. The molecule has 19 heavy (non-hydrogen) atoms. The molecule has 0 saturated carbocycles. The molecule has 1 atom stereocenters. The van der Waals surface area contributed by atoms with Gasteiger partial charge in [-0.1, -0.05) is 23.7 Å². The molecule has 0 unspecified atom stereocenters. The molecular weight excluding hydrogens is 262 g/mol. The van der Waals surface area contributed by atoms with Crippen LogP contribution in [-0.4, -0.2) is 41.4 Å². The predicted molar refractivity (Wildman–Crippen MR) is 73.5 cm³/mol. The zero-order valence-electron chi connectivity index (χ0n) is 10.8. The number of hydrogen-bond acceptors (Lipinski definition) is 3.